The van der Waals surface area contributed by atoms with E-state index in [0.29, 0.717) is 16.6 Å². The van der Waals surface area contributed by atoms with E-state index in [4.69, 9.17) is 11.6 Å². The molecule has 0 bridgehead atoms. The van der Waals surface area contributed by atoms with Crippen molar-refractivity contribution in [1.82, 2.24) is 9.97 Å². The van der Waals surface area contributed by atoms with Gasteiger partial charge in [0.05, 0.1) is 11.3 Å². The quantitative estimate of drug-likeness (QED) is 0.877. The van der Waals surface area contributed by atoms with Gasteiger partial charge in [0.15, 0.2) is 5.13 Å². The monoisotopic (exact) mass is 279 g/mol. The summed E-state index contributed by atoms with van der Waals surface area (Å²) in [7, 11) is 0. The fraction of sp³-hybridized carbons (Fsp3) is 0.250. The van der Waals surface area contributed by atoms with Crippen molar-refractivity contribution in [3.63, 3.8) is 0 Å². The highest BCUT2D eigenvalue weighted by atomic mass is 35.5. The Hall–Kier alpha value is -1.46. The van der Waals surface area contributed by atoms with Gasteiger partial charge in [-0.1, -0.05) is 11.6 Å². The normalized spacial score (nSPS) is 14.5. The number of hydrogen-bond donors (Lipinski definition) is 1. The number of halogens is 1. The second kappa shape index (κ2) is 4.66. The van der Waals surface area contributed by atoms with Crippen LogP contribution in [0.15, 0.2) is 23.7 Å². The molecule has 18 heavy (non-hydrogen) atoms. The SMILES string of the molecule is O=C(Nc1nc(C2CC2)cs1)c1cccnc1Cl. The molecule has 2 aromatic heterocycles. The molecule has 92 valence electrons. The van der Waals surface area contributed by atoms with Gasteiger partial charge >= 0.3 is 0 Å². The largest absolute Gasteiger partial charge is 0.298 e. The van der Waals surface area contributed by atoms with Crippen molar-refractivity contribution in [2.45, 2.75) is 18.8 Å². The molecule has 1 saturated carbocycles. The highest BCUT2D eigenvalue weighted by Gasteiger charge is 2.26. The van der Waals surface area contributed by atoms with Crippen molar-refractivity contribution in [3.05, 3.63) is 40.1 Å². The number of pyridine rings is 1. The third-order valence-electron chi connectivity index (χ3n) is 2.74. The smallest absolute Gasteiger partial charge is 0.260 e. The van der Waals surface area contributed by atoms with Gasteiger partial charge in [-0.3, -0.25) is 10.1 Å². The second-order valence-electron chi connectivity index (χ2n) is 4.15. The molecular weight excluding hydrogens is 270 g/mol. The first-order valence-electron chi connectivity index (χ1n) is 5.61. The molecule has 1 fully saturated rings. The molecule has 0 radical (unpaired) electrons. The van der Waals surface area contributed by atoms with E-state index in [-0.39, 0.29) is 11.1 Å². The molecule has 0 aliphatic heterocycles. The molecule has 0 unspecified atom stereocenters. The maximum Gasteiger partial charge on any atom is 0.260 e. The molecule has 2 heterocycles. The third kappa shape index (κ3) is 2.37. The Morgan fingerprint density at radius 1 is 1.50 bits per heavy atom. The van der Waals surface area contributed by atoms with Crippen LogP contribution in [-0.2, 0) is 0 Å². The topological polar surface area (TPSA) is 54.9 Å². The second-order valence-corrected chi connectivity index (χ2v) is 5.36. The average Bonchev–Trinajstić information content (AvgIpc) is 3.11. The number of nitrogens with zero attached hydrogens (tertiary/aromatic N) is 2. The molecule has 1 aliphatic carbocycles. The number of nitrogens with one attached hydrogen (secondary N) is 1. The molecule has 3 rings (SSSR count). The predicted octanol–water partition coefficient (Wildman–Crippen LogP) is 3.32. The van der Waals surface area contributed by atoms with Crippen molar-refractivity contribution >= 4 is 34.0 Å². The van der Waals surface area contributed by atoms with E-state index in [2.05, 4.69) is 15.3 Å². The zero-order valence-corrected chi connectivity index (χ0v) is 11.0. The summed E-state index contributed by atoms with van der Waals surface area (Å²) in [6.45, 7) is 0. The van der Waals surface area contributed by atoms with E-state index in [1.165, 1.54) is 24.2 Å². The summed E-state index contributed by atoms with van der Waals surface area (Å²) in [5.74, 6) is 0.318. The third-order valence-corrected chi connectivity index (χ3v) is 3.82. The van der Waals surface area contributed by atoms with Crippen molar-refractivity contribution in [2.75, 3.05) is 5.32 Å². The van der Waals surface area contributed by atoms with E-state index in [9.17, 15) is 4.79 Å². The maximum atomic E-state index is 12.0. The van der Waals surface area contributed by atoms with Gasteiger partial charge < -0.3 is 0 Å². The first-order chi connectivity index (χ1) is 8.74. The molecule has 1 N–H and O–H groups in total. The molecule has 0 aromatic carbocycles. The summed E-state index contributed by atoms with van der Waals surface area (Å²) < 4.78 is 0. The van der Waals surface area contributed by atoms with Crippen LogP contribution >= 0.6 is 22.9 Å². The number of amides is 1. The lowest BCUT2D eigenvalue weighted by Crippen LogP contribution is -2.12. The van der Waals surface area contributed by atoms with Gasteiger partial charge in [0.2, 0.25) is 0 Å². The molecule has 0 atom stereocenters. The van der Waals surface area contributed by atoms with Gasteiger partial charge in [0.25, 0.3) is 5.91 Å². The van der Waals surface area contributed by atoms with Crippen LogP contribution in [-0.4, -0.2) is 15.9 Å². The molecule has 4 nitrogen and oxygen atoms in total. The van der Waals surface area contributed by atoms with Gasteiger partial charge in [-0.2, -0.15) is 0 Å². The van der Waals surface area contributed by atoms with Crippen molar-refractivity contribution < 1.29 is 4.79 Å². The number of thiazole rings is 1. The van der Waals surface area contributed by atoms with Gasteiger partial charge in [-0.05, 0) is 25.0 Å². The lowest BCUT2D eigenvalue weighted by molar-refractivity contribution is 0.102. The molecule has 6 heteroatoms. The van der Waals surface area contributed by atoms with Crippen LogP contribution in [0, 0.1) is 0 Å². The zero-order valence-electron chi connectivity index (χ0n) is 9.39. The van der Waals surface area contributed by atoms with E-state index < -0.39 is 0 Å². The molecule has 0 spiro atoms. The number of rotatable bonds is 3. The summed E-state index contributed by atoms with van der Waals surface area (Å²) >= 11 is 7.30. The molecule has 0 saturated heterocycles. The summed E-state index contributed by atoms with van der Waals surface area (Å²) in [5, 5.41) is 5.56. The highest BCUT2D eigenvalue weighted by molar-refractivity contribution is 7.14. The van der Waals surface area contributed by atoms with Gasteiger partial charge in [0, 0.05) is 17.5 Å². The number of anilines is 1. The fourth-order valence-corrected chi connectivity index (χ4v) is 2.62. The molecule has 1 aliphatic rings. The summed E-state index contributed by atoms with van der Waals surface area (Å²) in [4.78, 5) is 20.2. The van der Waals surface area contributed by atoms with Crippen LogP contribution in [0.3, 0.4) is 0 Å². The number of hydrogen-bond acceptors (Lipinski definition) is 4. The summed E-state index contributed by atoms with van der Waals surface area (Å²) in [6, 6.07) is 3.32. The Labute approximate surface area is 113 Å². The predicted molar refractivity (Wildman–Crippen MR) is 71.3 cm³/mol. The van der Waals surface area contributed by atoms with Crippen LogP contribution < -0.4 is 5.32 Å². The first kappa shape index (κ1) is 11.6. The number of carbonyl (C=O) groups excluding carboxylic acids is 1. The van der Waals surface area contributed by atoms with Crippen LogP contribution in [0.1, 0.15) is 34.8 Å². The molecule has 1 amide bonds. The molecular formula is C12H10ClN3OS. The number of carbonyl (C=O) groups is 1. The first-order valence-corrected chi connectivity index (χ1v) is 6.87. The Morgan fingerprint density at radius 2 is 2.33 bits per heavy atom. The summed E-state index contributed by atoms with van der Waals surface area (Å²) in [6.07, 6.45) is 3.95. The highest BCUT2D eigenvalue weighted by Crippen LogP contribution is 2.40. The minimum atomic E-state index is -0.273. The zero-order chi connectivity index (χ0) is 12.5. The average molecular weight is 280 g/mol. The Bertz CT molecular complexity index is 595. The minimum Gasteiger partial charge on any atom is -0.298 e. The van der Waals surface area contributed by atoms with Crippen LogP contribution in [0.4, 0.5) is 5.13 Å². The van der Waals surface area contributed by atoms with Gasteiger partial charge in [-0.25, -0.2) is 9.97 Å². The molecule has 2 aromatic rings. The number of aromatic nitrogens is 2. The van der Waals surface area contributed by atoms with E-state index in [1.54, 1.807) is 18.3 Å². The lowest BCUT2D eigenvalue weighted by atomic mass is 10.3. The standard InChI is InChI=1S/C12H10ClN3OS/c13-10-8(2-1-5-14-10)11(17)16-12-15-9(6-18-12)7-3-4-7/h1-2,5-7H,3-4H2,(H,15,16,17). The van der Waals surface area contributed by atoms with Gasteiger partial charge in [-0.15, -0.1) is 11.3 Å². The Morgan fingerprint density at radius 3 is 3.06 bits per heavy atom. The van der Waals surface area contributed by atoms with E-state index >= 15 is 0 Å². The van der Waals surface area contributed by atoms with Crippen molar-refractivity contribution in [1.29, 1.82) is 0 Å². The fourth-order valence-electron chi connectivity index (χ4n) is 1.63. The lowest BCUT2D eigenvalue weighted by Gasteiger charge is -2.02. The van der Waals surface area contributed by atoms with Crippen LogP contribution in [0.25, 0.3) is 0 Å². The van der Waals surface area contributed by atoms with Crippen molar-refractivity contribution in [3.8, 4) is 0 Å². The maximum absolute atomic E-state index is 12.0. The Kier molecular flexibility index (Phi) is 3.01. The van der Waals surface area contributed by atoms with E-state index in [1.807, 2.05) is 5.38 Å². The summed E-state index contributed by atoms with van der Waals surface area (Å²) in [5.41, 5.74) is 1.44. The van der Waals surface area contributed by atoms with Crippen LogP contribution in [0.2, 0.25) is 5.15 Å². The van der Waals surface area contributed by atoms with Crippen molar-refractivity contribution in [2.24, 2.45) is 0 Å². The van der Waals surface area contributed by atoms with Gasteiger partial charge in [0.1, 0.15) is 5.15 Å². The Balaban J connectivity index is 1.75. The van der Waals surface area contributed by atoms with E-state index in [0.717, 1.165) is 5.69 Å². The van der Waals surface area contributed by atoms with Crippen LogP contribution in [0.5, 0.6) is 0 Å². The minimum absolute atomic E-state index is 0.203.